The number of hydrogen-bond acceptors (Lipinski definition) is 4. The van der Waals surface area contributed by atoms with E-state index in [2.05, 4.69) is 53.6 Å². The van der Waals surface area contributed by atoms with Crippen LogP contribution in [0, 0.1) is 11.8 Å². The number of aliphatic imine (C=N–C) groups is 1. The summed E-state index contributed by atoms with van der Waals surface area (Å²) >= 11 is 0. The predicted molar refractivity (Wildman–Crippen MR) is 143 cm³/mol. The summed E-state index contributed by atoms with van der Waals surface area (Å²) in [5, 5.41) is 0. The van der Waals surface area contributed by atoms with Crippen molar-refractivity contribution in [2.24, 2.45) is 16.8 Å². The van der Waals surface area contributed by atoms with E-state index in [1.807, 2.05) is 31.9 Å². The minimum atomic E-state index is -0.444. The van der Waals surface area contributed by atoms with E-state index in [1.54, 1.807) is 0 Å². The Balaban J connectivity index is 1.23. The molecule has 4 aliphatic rings. The number of allylic oxidation sites excluding steroid dienone is 7. The first kappa shape index (κ1) is 25.7. The van der Waals surface area contributed by atoms with Crippen LogP contribution < -0.4 is 0 Å². The molecule has 0 saturated carbocycles. The average Bonchev–Trinajstić information content (AvgIpc) is 2.81. The van der Waals surface area contributed by atoms with Gasteiger partial charge in [-0.3, -0.25) is 4.99 Å². The van der Waals surface area contributed by atoms with E-state index in [-0.39, 0.29) is 12.2 Å². The highest BCUT2D eigenvalue weighted by atomic mass is 16.6. The molecule has 0 N–H and O–H groups in total. The largest absolute Gasteiger partial charge is 0.444 e. The number of dihydropyridines is 1. The lowest BCUT2D eigenvalue weighted by atomic mass is 9.89. The zero-order valence-corrected chi connectivity index (χ0v) is 21.7. The molecule has 2 aliphatic carbocycles. The fourth-order valence-corrected chi connectivity index (χ4v) is 5.08. The molecule has 0 spiro atoms. The van der Waals surface area contributed by atoms with Crippen molar-refractivity contribution in [2.75, 3.05) is 19.7 Å². The van der Waals surface area contributed by atoms with Crippen molar-refractivity contribution < 1.29 is 14.3 Å². The Morgan fingerprint density at radius 3 is 2.69 bits per heavy atom. The molecule has 1 amide bonds. The van der Waals surface area contributed by atoms with Crippen LogP contribution in [-0.4, -0.2) is 54.7 Å². The van der Waals surface area contributed by atoms with E-state index in [0.29, 0.717) is 17.9 Å². The second-order valence-electron chi connectivity index (χ2n) is 11.2. The third kappa shape index (κ3) is 7.79. The van der Waals surface area contributed by atoms with Gasteiger partial charge < -0.3 is 14.4 Å². The topological polar surface area (TPSA) is 51.1 Å². The maximum absolute atomic E-state index is 12.4. The van der Waals surface area contributed by atoms with Gasteiger partial charge in [0.2, 0.25) is 0 Å². The minimum Gasteiger partial charge on any atom is -0.444 e. The number of nitrogens with zero attached hydrogens (tertiary/aromatic N) is 2. The third-order valence-electron chi connectivity index (χ3n) is 7.11. The van der Waals surface area contributed by atoms with Gasteiger partial charge in [0.15, 0.2) is 0 Å². The molecule has 0 aromatic heterocycles. The summed E-state index contributed by atoms with van der Waals surface area (Å²) in [6, 6.07) is 0.291. The molecule has 0 aromatic rings. The molecule has 1 saturated heterocycles. The standard InChI is InChI=1S/C30H42N2O3/c1-30(2,3)35-29(33)32-17-16-27(32)15-14-24-19-26(22-31-21-24)25-12-7-13-28(20-25)34-18-8-11-23-9-5-4-6-10-23/h4-7,9,12,19-20,22-24,27-28H,8,10-11,13-18,21H2,1-3H3. The normalized spacial score (nSPS) is 27.9. The van der Waals surface area contributed by atoms with Gasteiger partial charge in [-0.05, 0) is 94.8 Å². The SMILES string of the molecule is CC(C)(C)OC(=O)N1CCC1CCC1C=C(C2=CC(OCCCC3C=CC=CC3)CC=C2)C=NC1. The van der Waals surface area contributed by atoms with Crippen molar-refractivity contribution in [2.45, 2.75) is 83.5 Å². The lowest BCUT2D eigenvalue weighted by Crippen LogP contribution is -2.52. The fraction of sp³-hybridized carbons (Fsp3) is 0.600. The summed E-state index contributed by atoms with van der Waals surface area (Å²) in [6.45, 7) is 8.19. The third-order valence-corrected chi connectivity index (χ3v) is 7.11. The van der Waals surface area contributed by atoms with Gasteiger partial charge in [0.05, 0.1) is 6.10 Å². The number of ether oxygens (including phenoxy) is 2. The molecule has 5 nitrogen and oxygen atoms in total. The van der Waals surface area contributed by atoms with Crippen LogP contribution >= 0.6 is 0 Å². The summed E-state index contributed by atoms with van der Waals surface area (Å²) in [6.07, 6.45) is 27.3. The van der Waals surface area contributed by atoms with Crippen molar-refractivity contribution in [1.82, 2.24) is 4.90 Å². The highest BCUT2D eigenvalue weighted by molar-refractivity contribution is 5.87. The molecule has 2 heterocycles. The van der Waals surface area contributed by atoms with Crippen molar-refractivity contribution in [3.05, 3.63) is 59.8 Å². The van der Waals surface area contributed by atoms with Gasteiger partial charge in [-0.1, -0.05) is 42.5 Å². The Hall–Kier alpha value is -2.40. The van der Waals surface area contributed by atoms with Crippen molar-refractivity contribution >= 4 is 12.3 Å². The van der Waals surface area contributed by atoms with Crippen LogP contribution in [0.2, 0.25) is 0 Å². The second-order valence-corrected chi connectivity index (χ2v) is 11.2. The molecule has 190 valence electrons. The zero-order valence-electron chi connectivity index (χ0n) is 21.7. The monoisotopic (exact) mass is 478 g/mol. The van der Waals surface area contributed by atoms with E-state index in [1.165, 1.54) is 17.6 Å². The van der Waals surface area contributed by atoms with Crippen LogP contribution in [0.25, 0.3) is 0 Å². The van der Waals surface area contributed by atoms with E-state index in [0.717, 1.165) is 58.2 Å². The van der Waals surface area contributed by atoms with Gasteiger partial charge in [0.1, 0.15) is 5.60 Å². The Bertz CT molecular complexity index is 918. The molecule has 0 aromatic carbocycles. The van der Waals surface area contributed by atoms with Gasteiger partial charge in [-0.15, -0.1) is 0 Å². The zero-order chi connectivity index (χ0) is 24.7. The molecular weight excluding hydrogens is 436 g/mol. The van der Waals surface area contributed by atoms with E-state index in [9.17, 15) is 4.79 Å². The average molecular weight is 479 g/mol. The lowest BCUT2D eigenvalue weighted by Gasteiger charge is -2.42. The van der Waals surface area contributed by atoms with Crippen LogP contribution in [0.5, 0.6) is 0 Å². The molecule has 4 atom stereocenters. The van der Waals surface area contributed by atoms with E-state index in [4.69, 9.17) is 9.47 Å². The molecular formula is C30H42N2O3. The Morgan fingerprint density at radius 1 is 1.06 bits per heavy atom. The van der Waals surface area contributed by atoms with Crippen molar-refractivity contribution in [3.8, 4) is 0 Å². The van der Waals surface area contributed by atoms with Crippen molar-refractivity contribution in [1.29, 1.82) is 0 Å². The number of hydrogen-bond donors (Lipinski definition) is 0. The molecule has 1 fully saturated rings. The van der Waals surface area contributed by atoms with E-state index >= 15 is 0 Å². The molecule has 2 aliphatic heterocycles. The summed E-state index contributed by atoms with van der Waals surface area (Å²) < 4.78 is 11.8. The van der Waals surface area contributed by atoms with Crippen molar-refractivity contribution in [3.63, 3.8) is 0 Å². The molecule has 4 unspecified atom stereocenters. The Kier molecular flexibility index (Phi) is 8.83. The number of carbonyl (C=O) groups excluding carboxylic acids is 1. The quantitative estimate of drug-likeness (QED) is 0.351. The second kappa shape index (κ2) is 12.0. The lowest BCUT2D eigenvalue weighted by molar-refractivity contribution is -0.00739. The first-order valence-corrected chi connectivity index (χ1v) is 13.4. The van der Waals surface area contributed by atoms with Crippen LogP contribution in [-0.2, 0) is 9.47 Å². The summed E-state index contributed by atoms with van der Waals surface area (Å²) in [4.78, 5) is 19.0. The predicted octanol–water partition coefficient (Wildman–Crippen LogP) is 6.59. The van der Waals surface area contributed by atoms with Crippen LogP contribution in [0.1, 0.15) is 65.7 Å². The number of rotatable bonds is 9. The molecule has 4 rings (SSSR count). The number of amides is 1. The summed E-state index contributed by atoms with van der Waals surface area (Å²) in [5.74, 6) is 1.07. The maximum atomic E-state index is 12.4. The smallest absolute Gasteiger partial charge is 0.410 e. The van der Waals surface area contributed by atoms with E-state index < -0.39 is 5.60 Å². The Labute approximate surface area is 211 Å². The number of likely N-dealkylation sites (tertiary alicyclic amines) is 1. The molecule has 35 heavy (non-hydrogen) atoms. The first-order chi connectivity index (χ1) is 16.9. The van der Waals surface area contributed by atoms with Gasteiger partial charge >= 0.3 is 6.09 Å². The molecule has 0 radical (unpaired) electrons. The summed E-state index contributed by atoms with van der Waals surface area (Å²) in [5.41, 5.74) is 1.97. The molecule has 5 heteroatoms. The number of carbonyl (C=O) groups is 1. The Morgan fingerprint density at radius 2 is 1.94 bits per heavy atom. The summed E-state index contributed by atoms with van der Waals surface area (Å²) in [7, 11) is 0. The van der Waals surface area contributed by atoms with Crippen LogP contribution in [0.15, 0.2) is 64.7 Å². The first-order valence-electron chi connectivity index (χ1n) is 13.4. The van der Waals surface area contributed by atoms with Crippen LogP contribution in [0.4, 0.5) is 4.79 Å². The van der Waals surface area contributed by atoms with Gasteiger partial charge in [-0.2, -0.15) is 0 Å². The van der Waals surface area contributed by atoms with Gasteiger partial charge in [0, 0.05) is 32.0 Å². The molecule has 0 bridgehead atoms. The minimum absolute atomic E-state index is 0.142. The highest BCUT2D eigenvalue weighted by Gasteiger charge is 2.35. The maximum Gasteiger partial charge on any atom is 0.410 e. The fourth-order valence-electron chi connectivity index (χ4n) is 5.08. The van der Waals surface area contributed by atoms with Gasteiger partial charge in [-0.25, -0.2) is 4.79 Å². The van der Waals surface area contributed by atoms with Crippen LogP contribution in [0.3, 0.4) is 0 Å². The highest BCUT2D eigenvalue weighted by Crippen LogP contribution is 2.29. The van der Waals surface area contributed by atoms with Gasteiger partial charge in [0.25, 0.3) is 0 Å².